The van der Waals surface area contributed by atoms with Gasteiger partial charge in [-0.15, -0.1) is 0 Å². The van der Waals surface area contributed by atoms with Crippen LogP contribution in [0.25, 0.3) is 0 Å². The van der Waals surface area contributed by atoms with Crippen LogP contribution >= 0.6 is 11.8 Å². The molecule has 4 nitrogen and oxygen atoms in total. The molecule has 106 valence electrons. The molecule has 0 spiro atoms. The van der Waals surface area contributed by atoms with Crippen LogP contribution in [0.3, 0.4) is 0 Å². The first kappa shape index (κ1) is 14.6. The summed E-state index contributed by atoms with van der Waals surface area (Å²) >= 11 is -0.227. The van der Waals surface area contributed by atoms with Crippen molar-refractivity contribution in [1.29, 1.82) is 0 Å². The van der Waals surface area contributed by atoms with Crippen LogP contribution < -0.4 is 0 Å². The standard InChI is InChI=1S/C12H9F3N2O2S/c1-17-11(19)9(6-18)10(16-17)7-2-4-8(5-3-7)20-12(13,14)15/h2-6,9H,1H3. The normalized spacial score (nSPS) is 19.2. The van der Waals surface area contributed by atoms with Gasteiger partial charge in [0.2, 0.25) is 0 Å². The van der Waals surface area contributed by atoms with Crippen LogP contribution in [-0.4, -0.2) is 35.5 Å². The van der Waals surface area contributed by atoms with Crippen LogP contribution in [0, 0.1) is 5.92 Å². The van der Waals surface area contributed by atoms with Crippen LogP contribution in [0.4, 0.5) is 13.2 Å². The van der Waals surface area contributed by atoms with E-state index >= 15 is 0 Å². The van der Waals surface area contributed by atoms with Gasteiger partial charge in [-0.2, -0.15) is 18.3 Å². The molecule has 0 saturated carbocycles. The Morgan fingerprint density at radius 2 is 1.90 bits per heavy atom. The summed E-state index contributed by atoms with van der Waals surface area (Å²) < 4.78 is 36.6. The quantitative estimate of drug-likeness (QED) is 0.489. The van der Waals surface area contributed by atoms with Crippen molar-refractivity contribution >= 4 is 29.7 Å². The number of aldehydes is 1. The van der Waals surface area contributed by atoms with Crippen molar-refractivity contribution < 1.29 is 22.8 Å². The fraction of sp³-hybridized carbons (Fsp3) is 0.250. The summed E-state index contributed by atoms with van der Waals surface area (Å²) in [4.78, 5) is 22.6. The second-order valence-electron chi connectivity index (χ2n) is 4.03. The molecule has 1 atom stereocenters. The number of hydrogen-bond acceptors (Lipinski definition) is 4. The predicted molar refractivity (Wildman–Crippen MR) is 67.2 cm³/mol. The molecule has 0 radical (unpaired) electrons. The molecule has 1 unspecified atom stereocenters. The lowest BCUT2D eigenvalue weighted by Crippen LogP contribution is -2.26. The Morgan fingerprint density at radius 3 is 2.40 bits per heavy atom. The molecule has 0 bridgehead atoms. The third-order valence-corrected chi connectivity index (χ3v) is 3.40. The molecule has 8 heteroatoms. The topological polar surface area (TPSA) is 49.7 Å². The number of rotatable bonds is 3. The number of hydrazone groups is 1. The molecule has 0 N–H and O–H groups in total. The van der Waals surface area contributed by atoms with Gasteiger partial charge in [-0.05, 0) is 29.5 Å². The molecule has 0 aliphatic carbocycles. The number of thioether (sulfide) groups is 1. The fourth-order valence-corrected chi connectivity index (χ4v) is 2.32. The second kappa shape index (κ2) is 5.28. The summed E-state index contributed by atoms with van der Waals surface area (Å²) in [6.07, 6.45) is 0.475. The Bertz CT molecular complexity index is 569. The molecular weight excluding hydrogens is 293 g/mol. The minimum atomic E-state index is -4.35. The number of amides is 1. The average Bonchev–Trinajstić information content (AvgIpc) is 2.64. The van der Waals surface area contributed by atoms with Crippen molar-refractivity contribution in [1.82, 2.24) is 5.01 Å². The second-order valence-corrected chi connectivity index (χ2v) is 5.17. The monoisotopic (exact) mass is 302 g/mol. The van der Waals surface area contributed by atoms with Gasteiger partial charge in [0.15, 0.2) is 0 Å². The summed E-state index contributed by atoms with van der Waals surface area (Å²) in [5, 5.41) is 4.98. The maximum Gasteiger partial charge on any atom is 0.446 e. The van der Waals surface area contributed by atoms with E-state index in [1.54, 1.807) is 0 Å². The van der Waals surface area contributed by atoms with Crippen molar-refractivity contribution in [2.75, 3.05) is 7.05 Å². The maximum atomic E-state index is 12.2. The minimum Gasteiger partial charge on any atom is -0.302 e. The highest BCUT2D eigenvalue weighted by Gasteiger charge is 2.34. The minimum absolute atomic E-state index is 0.0298. The van der Waals surface area contributed by atoms with Gasteiger partial charge in [0.25, 0.3) is 5.91 Å². The number of benzene rings is 1. The van der Waals surface area contributed by atoms with Crippen molar-refractivity contribution in [3.63, 3.8) is 0 Å². The number of carbonyl (C=O) groups is 2. The van der Waals surface area contributed by atoms with Crippen LogP contribution in [0.1, 0.15) is 5.56 Å². The SMILES string of the molecule is CN1N=C(c2ccc(SC(F)(F)F)cc2)C(C=O)C1=O. The van der Waals surface area contributed by atoms with Crippen molar-refractivity contribution in [2.45, 2.75) is 10.4 Å². The van der Waals surface area contributed by atoms with Gasteiger partial charge in [0, 0.05) is 11.9 Å². The van der Waals surface area contributed by atoms with Gasteiger partial charge in [0.1, 0.15) is 12.2 Å². The lowest BCUT2D eigenvalue weighted by atomic mass is 9.98. The van der Waals surface area contributed by atoms with E-state index in [2.05, 4.69) is 5.10 Å². The molecule has 20 heavy (non-hydrogen) atoms. The summed E-state index contributed by atoms with van der Waals surface area (Å²) in [6, 6.07) is 5.38. The largest absolute Gasteiger partial charge is 0.446 e. The van der Waals surface area contributed by atoms with E-state index in [0.717, 1.165) is 5.01 Å². The Morgan fingerprint density at radius 1 is 1.30 bits per heavy atom. The van der Waals surface area contributed by atoms with E-state index in [1.807, 2.05) is 0 Å². The van der Waals surface area contributed by atoms with Crippen LogP contribution in [0.15, 0.2) is 34.3 Å². The fourth-order valence-electron chi connectivity index (χ4n) is 1.78. The molecule has 1 heterocycles. The molecule has 1 aromatic rings. The predicted octanol–water partition coefficient (Wildman–Crippen LogP) is 2.29. The summed E-state index contributed by atoms with van der Waals surface area (Å²) in [7, 11) is 1.42. The zero-order valence-electron chi connectivity index (χ0n) is 10.2. The van der Waals surface area contributed by atoms with Crippen molar-refractivity contribution in [3.05, 3.63) is 29.8 Å². The number of carbonyl (C=O) groups excluding carboxylic acids is 2. The third kappa shape index (κ3) is 3.01. The first-order valence-corrected chi connectivity index (χ1v) is 6.31. The number of alkyl halides is 3. The highest BCUT2D eigenvalue weighted by molar-refractivity contribution is 8.00. The molecule has 1 aromatic carbocycles. The van der Waals surface area contributed by atoms with E-state index < -0.39 is 17.3 Å². The Hall–Kier alpha value is -1.83. The highest BCUT2D eigenvalue weighted by atomic mass is 32.2. The van der Waals surface area contributed by atoms with Crippen LogP contribution in [-0.2, 0) is 9.59 Å². The molecule has 1 amide bonds. The van der Waals surface area contributed by atoms with Gasteiger partial charge in [0.05, 0.1) is 5.71 Å². The summed E-state index contributed by atoms with van der Waals surface area (Å²) in [5.41, 5.74) is -3.66. The lowest BCUT2D eigenvalue weighted by molar-refractivity contribution is -0.132. The molecule has 1 aliphatic rings. The van der Waals surface area contributed by atoms with E-state index in [4.69, 9.17) is 0 Å². The molecule has 2 rings (SSSR count). The maximum absolute atomic E-state index is 12.2. The van der Waals surface area contributed by atoms with Gasteiger partial charge in [-0.1, -0.05) is 12.1 Å². The van der Waals surface area contributed by atoms with Gasteiger partial charge in [-0.25, -0.2) is 5.01 Å². The first-order valence-electron chi connectivity index (χ1n) is 5.49. The average molecular weight is 302 g/mol. The zero-order valence-corrected chi connectivity index (χ0v) is 11.0. The number of nitrogens with zero attached hydrogens (tertiary/aromatic N) is 2. The highest BCUT2D eigenvalue weighted by Crippen LogP contribution is 2.36. The van der Waals surface area contributed by atoms with Crippen molar-refractivity contribution in [3.8, 4) is 0 Å². The van der Waals surface area contributed by atoms with Gasteiger partial charge < -0.3 is 4.79 Å². The molecule has 1 aliphatic heterocycles. The third-order valence-electron chi connectivity index (χ3n) is 2.66. The van der Waals surface area contributed by atoms with Crippen LogP contribution in [0.5, 0.6) is 0 Å². The summed E-state index contributed by atoms with van der Waals surface area (Å²) in [6.45, 7) is 0. The molecule has 0 saturated heterocycles. The number of halogens is 3. The molecule has 0 aromatic heterocycles. The lowest BCUT2D eigenvalue weighted by Gasteiger charge is -2.07. The summed E-state index contributed by atoms with van der Waals surface area (Å²) in [5.74, 6) is -1.45. The Kier molecular flexibility index (Phi) is 3.85. The van der Waals surface area contributed by atoms with E-state index in [0.29, 0.717) is 11.8 Å². The Balaban J connectivity index is 2.24. The van der Waals surface area contributed by atoms with Gasteiger partial charge >= 0.3 is 5.51 Å². The first-order chi connectivity index (χ1) is 9.31. The zero-order chi connectivity index (χ0) is 14.9. The smallest absolute Gasteiger partial charge is 0.302 e. The van der Waals surface area contributed by atoms with Crippen molar-refractivity contribution in [2.24, 2.45) is 11.0 Å². The molecule has 0 fully saturated rings. The van der Waals surface area contributed by atoms with Crippen LogP contribution in [0.2, 0.25) is 0 Å². The number of hydrogen-bond donors (Lipinski definition) is 0. The van der Waals surface area contributed by atoms with E-state index in [1.165, 1.54) is 31.3 Å². The molecular formula is C12H9F3N2O2S. The van der Waals surface area contributed by atoms with Gasteiger partial charge in [-0.3, -0.25) is 4.79 Å². The van der Waals surface area contributed by atoms with E-state index in [9.17, 15) is 22.8 Å². The van der Waals surface area contributed by atoms with E-state index in [-0.39, 0.29) is 22.4 Å². The Labute approximate surface area is 116 Å².